The summed E-state index contributed by atoms with van der Waals surface area (Å²) in [5.41, 5.74) is 6.44. The topological polar surface area (TPSA) is 62.1 Å². The first-order valence-corrected chi connectivity index (χ1v) is 8.65. The summed E-state index contributed by atoms with van der Waals surface area (Å²) in [5.74, 6) is 0. The lowest BCUT2D eigenvalue weighted by Crippen LogP contribution is -2.52. The van der Waals surface area contributed by atoms with Crippen LogP contribution in [-0.2, 0) is 10.0 Å². The lowest BCUT2D eigenvalue weighted by atomic mass is 10.2. The Bertz CT molecular complexity index is 871. The summed E-state index contributed by atoms with van der Waals surface area (Å²) < 4.78 is 27.1. The number of fused-ring (bicyclic) bond motifs is 1. The third-order valence-electron chi connectivity index (χ3n) is 3.04. The van der Waals surface area contributed by atoms with E-state index in [2.05, 4.69) is 10.4 Å². The van der Waals surface area contributed by atoms with E-state index in [4.69, 9.17) is 0 Å². The van der Waals surface area contributed by atoms with Gasteiger partial charge in [-0.05, 0) is 25.1 Å². The van der Waals surface area contributed by atoms with Crippen LogP contribution in [0.15, 0.2) is 58.9 Å². The summed E-state index contributed by atoms with van der Waals surface area (Å²) in [7, 11) is -3.60. The highest BCUT2D eigenvalue weighted by Crippen LogP contribution is 2.14. The monoisotopic (exact) mass is 320 g/mol. The lowest BCUT2D eigenvalue weighted by Gasteiger charge is -2.05. The summed E-state index contributed by atoms with van der Waals surface area (Å²) in [4.78, 5) is 2.60. The van der Waals surface area contributed by atoms with Crippen LogP contribution in [0.1, 0.15) is 5.56 Å². The Morgan fingerprint density at radius 3 is 2.52 bits per heavy atom. The van der Waals surface area contributed by atoms with Crippen LogP contribution >= 0.6 is 11.3 Å². The summed E-state index contributed by atoms with van der Waals surface area (Å²) in [6.45, 7) is 1.91. The van der Waals surface area contributed by atoms with E-state index in [1.165, 1.54) is 11.3 Å². The molecule has 0 saturated carbocycles. The van der Waals surface area contributed by atoms with E-state index in [9.17, 15) is 8.42 Å². The molecule has 21 heavy (non-hydrogen) atoms. The van der Waals surface area contributed by atoms with Crippen molar-refractivity contribution in [3.63, 3.8) is 0 Å². The van der Waals surface area contributed by atoms with E-state index in [1.54, 1.807) is 28.9 Å². The minimum absolute atomic E-state index is 0.223. The molecule has 1 aromatic heterocycles. The largest absolute Gasteiger partial charge is 0.261 e. The van der Waals surface area contributed by atoms with Gasteiger partial charge in [-0.25, -0.2) is 8.42 Å². The Morgan fingerprint density at radius 2 is 1.76 bits per heavy atom. The van der Waals surface area contributed by atoms with Crippen LogP contribution in [0.25, 0.3) is 10.2 Å². The molecule has 5 nitrogen and oxygen atoms in total. The van der Waals surface area contributed by atoms with Crippen LogP contribution in [0, 0.1) is 6.92 Å². The fourth-order valence-corrected chi connectivity index (χ4v) is 3.55. The number of aromatic nitrogens is 1. The minimum atomic E-state index is -3.60. The molecule has 0 bridgehead atoms. The Morgan fingerprint density at radius 1 is 1.05 bits per heavy atom. The summed E-state index contributed by atoms with van der Waals surface area (Å²) in [6, 6.07) is 14.4. The molecule has 0 aliphatic carbocycles. The number of sulfonamides is 1. The predicted molar refractivity (Wildman–Crippen MR) is 82.9 cm³/mol. The van der Waals surface area contributed by atoms with E-state index in [1.807, 2.05) is 36.7 Å². The van der Waals surface area contributed by atoms with Gasteiger partial charge < -0.3 is 0 Å². The lowest BCUT2D eigenvalue weighted by molar-refractivity contribution is -0.622. The van der Waals surface area contributed by atoms with Gasteiger partial charge in [0.2, 0.25) is 0 Å². The molecule has 0 saturated heterocycles. The highest BCUT2D eigenvalue weighted by Gasteiger charge is 2.17. The van der Waals surface area contributed by atoms with Crippen LogP contribution in [0.4, 0.5) is 0 Å². The van der Waals surface area contributed by atoms with Crippen molar-refractivity contribution in [2.45, 2.75) is 11.8 Å². The molecule has 2 aromatic carbocycles. The van der Waals surface area contributed by atoms with Crippen LogP contribution < -0.4 is 15.0 Å². The molecule has 3 aromatic rings. The smallest absolute Gasteiger partial charge is 0.205 e. The molecule has 0 spiro atoms. The molecule has 0 aliphatic rings. The average Bonchev–Trinajstić information content (AvgIpc) is 2.89. The number of hydrogen-bond acceptors (Lipinski definition) is 4. The van der Waals surface area contributed by atoms with Crippen molar-refractivity contribution in [1.29, 1.82) is 0 Å². The number of rotatable bonds is 4. The zero-order valence-electron chi connectivity index (χ0n) is 11.3. The molecule has 0 fully saturated rings. The van der Waals surface area contributed by atoms with Gasteiger partial charge in [0, 0.05) is 6.07 Å². The molecule has 0 radical (unpaired) electrons. The van der Waals surface area contributed by atoms with Crippen molar-refractivity contribution < 1.29 is 13.1 Å². The van der Waals surface area contributed by atoms with Crippen molar-refractivity contribution >= 4 is 31.6 Å². The number of para-hydroxylation sites is 1. The SMILES string of the molecule is Cc1ccc(S(=O)(=O)NN[n+]2csc3ccccc32)cc1. The van der Waals surface area contributed by atoms with Crippen molar-refractivity contribution in [3.8, 4) is 0 Å². The maximum absolute atomic E-state index is 12.2. The van der Waals surface area contributed by atoms with Gasteiger partial charge in [0.15, 0.2) is 0 Å². The van der Waals surface area contributed by atoms with Gasteiger partial charge in [-0.3, -0.25) is 0 Å². The molecule has 1 heterocycles. The molecular formula is C14H14N3O2S2+. The maximum Gasteiger partial charge on any atom is 0.261 e. The number of nitrogens with one attached hydrogen (secondary N) is 2. The van der Waals surface area contributed by atoms with E-state index in [0.29, 0.717) is 0 Å². The van der Waals surface area contributed by atoms with E-state index in [-0.39, 0.29) is 4.90 Å². The van der Waals surface area contributed by atoms with E-state index in [0.717, 1.165) is 15.8 Å². The summed E-state index contributed by atoms with van der Waals surface area (Å²) in [6.07, 6.45) is 0. The first kappa shape index (κ1) is 14.0. The highest BCUT2D eigenvalue weighted by atomic mass is 32.2. The fraction of sp³-hybridized carbons (Fsp3) is 0.0714. The number of aryl methyl sites for hydroxylation is 1. The summed E-state index contributed by atoms with van der Waals surface area (Å²) in [5, 5.41) is 0. The van der Waals surface area contributed by atoms with Gasteiger partial charge in [0.1, 0.15) is 4.70 Å². The van der Waals surface area contributed by atoms with E-state index < -0.39 is 10.0 Å². The van der Waals surface area contributed by atoms with E-state index >= 15 is 0 Å². The second-order valence-electron chi connectivity index (χ2n) is 4.59. The van der Waals surface area contributed by atoms with Crippen LogP contribution in [-0.4, -0.2) is 8.42 Å². The Balaban J connectivity index is 1.82. The highest BCUT2D eigenvalue weighted by molar-refractivity contribution is 7.89. The Labute approximate surface area is 126 Å². The fourth-order valence-electron chi connectivity index (χ4n) is 1.89. The first-order chi connectivity index (χ1) is 10.1. The van der Waals surface area contributed by atoms with Crippen molar-refractivity contribution in [3.05, 3.63) is 59.6 Å². The second-order valence-corrected chi connectivity index (χ2v) is 7.16. The summed E-state index contributed by atoms with van der Waals surface area (Å²) >= 11 is 1.53. The quantitative estimate of drug-likeness (QED) is 0.570. The molecule has 0 amide bonds. The number of hydrogen-bond donors (Lipinski definition) is 2. The molecule has 0 unspecified atom stereocenters. The van der Waals surface area contributed by atoms with Gasteiger partial charge in [0.25, 0.3) is 21.1 Å². The molecular weight excluding hydrogens is 306 g/mol. The maximum atomic E-state index is 12.2. The first-order valence-electron chi connectivity index (χ1n) is 6.29. The Hall–Kier alpha value is -1.96. The molecule has 3 rings (SSSR count). The predicted octanol–water partition coefficient (Wildman–Crippen LogP) is 1.93. The van der Waals surface area contributed by atoms with Crippen molar-refractivity contribution in [2.24, 2.45) is 0 Å². The third-order valence-corrected chi connectivity index (χ3v) is 5.21. The molecule has 7 heteroatoms. The third kappa shape index (κ3) is 2.90. The molecule has 108 valence electrons. The number of thiazole rings is 1. The second kappa shape index (κ2) is 5.44. The number of hydrazine groups is 1. The number of benzene rings is 2. The van der Waals surface area contributed by atoms with Gasteiger partial charge in [0.05, 0.1) is 4.90 Å². The van der Waals surface area contributed by atoms with Crippen molar-refractivity contribution in [2.75, 3.05) is 5.53 Å². The van der Waals surface area contributed by atoms with Gasteiger partial charge in [-0.2, -0.15) is 0 Å². The zero-order chi connectivity index (χ0) is 14.9. The molecule has 0 atom stereocenters. The zero-order valence-corrected chi connectivity index (χ0v) is 12.9. The number of nitrogens with zero attached hydrogens (tertiary/aromatic N) is 1. The van der Waals surface area contributed by atoms with Crippen LogP contribution in [0.3, 0.4) is 0 Å². The molecule has 2 N–H and O–H groups in total. The molecule has 0 aliphatic heterocycles. The van der Waals surface area contributed by atoms with Gasteiger partial charge in [-0.1, -0.05) is 50.7 Å². The van der Waals surface area contributed by atoms with Gasteiger partial charge >= 0.3 is 0 Å². The average molecular weight is 320 g/mol. The van der Waals surface area contributed by atoms with Crippen LogP contribution in [0.5, 0.6) is 0 Å². The minimum Gasteiger partial charge on any atom is -0.205 e. The Kier molecular flexibility index (Phi) is 3.62. The standard InChI is InChI=1S/C14H14N3O2S2/c1-11-6-8-12(9-7-11)21(18,19)16-15-17-10-20-14-5-3-2-4-13(14)17/h2-10,15-16H,1H3/q+1. The van der Waals surface area contributed by atoms with Crippen LogP contribution in [0.2, 0.25) is 0 Å². The normalized spacial score (nSPS) is 11.7. The van der Waals surface area contributed by atoms with Crippen molar-refractivity contribution in [1.82, 2.24) is 4.83 Å². The van der Waals surface area contributed by atoms with Gasteiger partial charge in [-0.15, -0.1) is 5.53 Å².